The number of nitrogens with zero attached hydrogens (tertiary/aromatic N) is 1. The summed E-state index contributed by atoms with van der Waals surface area (Å²) >= 11 is 3.45. The van der Waals surface area contributed by atoms with Gasteiger partial charge in [0.15, 0.2) is 18.1 Å². The van der Waals surface area contributed by atoms with Gasteiger partial charge < -0.3 is 14.6 Å². The maximum Gasteiger partial charge on any atom is 0.277 e. The first-order valence-corrected chi connectivity index (χ1v) is 8.93. The van der Waals surface area contributed by atoms with E-state index >= 15 is 0 Å². The Bertz CT molecular complexity index is 793. The number of nitrogens with one attached hydrogen (secondary N) is 1. The molecule has 2 aromatic carbocycles. The van der Waals surface area contributed by atoms with E-state index in [0.29, 0.717) is 17.1 Å². The fraction of sp³-hybridized carbons (Fsp3) is 0.263. The number of aromatic hydroxyl groups is 1. The van der Waals surface area contributed by atoms with Gasteiger partial charge in [-0.05, 0) is 63.8 Å². The third kappa shape index (κ3) is 5.77. The zero-order valence-electron chi connectivity index (χ0n) is 14.7. The molecule has 2 aromatic rings. The Labute approximate surface area is 161 Å². The number of hydrogen-bond acceptors (Lipinski definition) is 5. The summed E-state index contributed by atoms with van der Waals surface area (Å²) in [6.45, 7) is 1.97. The molecule has 0 aliphatic heterocycles. The number of halogens is 1. The first-order chi connectivity index (χ1) is 12.5. The number of aryl methyl sites for hydroxylation is 1. The minimum absolute atomic E-state index is 0.0395. The van der Waals surface area contributed by atoms with Gasteiger partial charge in [0, 0.05) is 0 Å². The first kappa shape index (κ1) is 19.8. The molecule has 0 saturated heterocycles. The Morgan fingerprint density at radius 2 is 2.08 bits per heavy atom. The first-order valence-electron chi connectivity index (χ1n) is 8.13. The summed E-state index contributed by atoms with van der Waals surface area (Å²) in [5.74, 6) is 0.598. The Morgan fingerprint density at radius 1 is 1.27 bits per heavy atom. The number of phenolic OH excluding ortho intramolecular Hbond substituents is 1. The second kappa shape index (κ2) is 9.82. The molecule has 138 valence electrons. The molecule has 0 aliphatic carbocycles. The van der Waals surface area contributed by atoms with Gasteiger partial charge in [0.05, 0.1) is 17.8 Å². The van der Waals surface area contributed by atoms with Gasteiger partial charge in [0.1, 0.15) is 5.75 Å². The third-order valence-corrected chi connectivity index (χ3v) is 4.12. The van der Waals surface area contributed by atoms with Gasteiger partial charge in [-0.15, -0.1) is 0 Å². The van der Waals surface area contributed by atoms with Crippen LogP contribution in [0.1, 0.15) is 24.5 Å². The van der Waals surface area contributed by atoms with E-state index in [9.17, 15) is 9.90 Å². The molecule has 2 rings (SSSR count). The van der Waals surface area contributed by atoms with Crippen LogP contribution in [0, 0.1) is 0 Å². The van der Waals surface area contributed by atoms with Crippen molar-refractivity contribution < 1.29 is 19.4 Å². The predicted molar refractivity (Wildman–Crippen MR) is 104 cm³/mol. The van der Waals surface area contributed by atoms with Crippen molar-refractivity contribution in [1.29, 1.82) is 0 Å². The van der Waals surface area contributed by atoms with Crippen LogP contribution in [0.15, 0.2) is 46.0 Å². The Kier molecular flexibility index (Phi) is 7.47. The van der Waals surface area contributed by atoms with Crippen LogP contribution in [0.25, 0.3) is 0 Å². The van der Waals surface area contributed by atoms with Crippen LogP contribution in [-0.4, -0.2) is 30.9 Å². The lowest BCUT2D eigenvalue weighted by Crippen LogP contribution is -2.24. The quantitative estimate of drug-likeness (QED) is 0.504. The standard InChI is InChI=1S/C19H21BrN2O4/c1-3-4-13-6-8-17(15(20)9-13)26-12-19(24)22-21-11-14-5-7-16(23)18(10-14)25-2/h5-11,23H,3-4,12H2,1-2H3,(H,22,24)/b21-11+. The second-order valence-electron chi connectivity index (χ2n) is 5.53. The molecule has 0 spiro atoms. The van der Waals surface area contributed by atoms with E-state index in [1.165, 1.54) is 25.0 Å². The van der Waals surface area contributed by atoms with Gasteiger partial charge in [-0.3, -0.25) is 4.79 Å². The Morgan fingerprint density at radius 3 is 2.77 bits per heavy atom. The molecule has 0 heterocycles. The lowest BCUT2D eigenvalue weighted by atomic mass is 10.1. The summed E-state index contributed by atoms with van der Waals surface area (Å²) in [6, 6.07) is 10.6. The summed E-state index contributed by atoms with van der Waals surface area (Å²) in [7, 11) is 1.46. The van der Waals surface area contributed by atoms with Crippen molar-refractivity contribution in [3.8, 4) is 17.2 Å². The van der Waals surface area contributed by atoms with E-state index in [2.05, 4.69) is 33.4 Å². The number of ether oxygens (including phenoxy) is 2. The molecule has 6 nitrogen and oxygen atoms in total. The van der Waals surface area contributed by atoms with E-state index in [1.54, 1.807) is 12.1 Å². The number of carbonyl (C=O) groups is 1. The molecule has 0 radical (unpaired) electrons. The molecule has 1 amide bonds. The average molecular weight is 421 g/mol. The smallest absolute Gasteiger partial charge is 0.277 e. The number of hydrogen-bond donors (Lipinski definition) is 2. The maximum absolute atomic E-state index is 11.8. The lowest BCUT2D eigenvalue weighted by Gasteiger charge is -2.08. The minimum Gasteiger partial charge on any atom is -0.504 e. The third-order valence-electron chi connectivity index (χ3n) is 3.50. The van der Waals surface area contributed by atoms with Crippen molar-refractivity contribution in [2.24, 2.45) is 5.10 Å². The van der Waals surface area contributed by atoms with Crippen molar-refractivity contribution in [2.45, 2.75) is 19.8 Å². The highest BCUT2D eigenvalue weighted by atomic mass is 79.9. The second-order valence-corrected chi connectivity index (χ2v) is 6.38. The number of carbonyl (C=O) groups excluding carboxylic acids is 1. The van der Waals surface area contributed by atoms with E-state index in [-0.39, 0.29) is 18.3 Å². The van der Waals surface area contributed by atoms with Crippen molar-refractivity contribution in [3.63, 3.8) is 0 Å². The molecule has 2 N–H and O–H groups in total. The van der Waals surface area contributed by atoms with Crippen LogP contribution < -0.4 is 14.9 Å². The average Bonchev–Trinajstić information content (AvgIpc) is 2.62. The highest BCUT2D eigenvalue weighted by Gasteiger charge is 2.06. The van der Waals surface area contributed by atoms with E-state index in [0.717, 1.165) is 17.3 Å². The summed E-state index contributed by atoms with van der Waals surface area (Å²) in [5.41, 5.74) is 4.28. The fourth-order valence-corrected chi connectivity index (χ4v) is 2.78. The minimum atomic E-state index is -0.378. The van der Waals surface area contributed by atoms with Crippen LogP contribution in [0.4, 0.5) is 0 Å². The molecule has 0 aliphatic rings. The number of phenols is 1. The number of hydrazone groups is 1. The van der Waals surface area contributed by atoms with Gasteiger partial charge in [0.25, 0.3) is 5.91 Å². The number of amides is 1. The van der Waals surface area contributed by atoms with Gasteiger partial charge in [-0.25, -0.2) is 5.43 Å². The van der Waals surface area contributed by atoms with Gasteiger partial charge in [0.2, 0.25) is 0 Å². The number of methoxy groups -OCH3 is 1. The zero-order valence-corrected chi connectivity index (χ0v) is 16.2. The topological polar surface area (TPSA) is 80.2 Å². The van der Waals surface area contributed by atoms with Crippen molar-refractivity contribution in [1.82, 2.24) is 5.43 Å². The summed E-state index contributed by atoms with van der Waals surface area (Å²) < 4.78 is 11.3. The monoisotopic (exact) mass is 420 g/mol. The summed E-state index contributed by atoms with van der Waals surface area (Å²) in [6.07, 6.45) is 3.52. The van der Waals surface area contributed by atoms with Crippen LogP contribution >= 0.6 is 15.9 Å². The maximum atomic E-state index is 11.8. The van der Waals surface area contributed by atoms with Gasteiger partial charge in [-0.1, -0.05) is 19.4 Å². The molecule has 7 heteroatoms. The molecular formula is C19H21BrN2O4. The molecular weight excluding hydrogens is 400 g/mol. The zero-order chi connectivity index (χ0) is 18.9. The van der Waals surface area contributed by atoms with E-state index < -0.39 is 0 Å². The summed E-state index contributed by atoms with van der Waals surface area (Å²) in [4.78, 5) is 11.8. The Balaban J connectivity index is 1.85. The lowest BCUT2D eigenvalue weighted by molar-refractivity contribution is -0.123. The van der Waals surface area contributed by atoms with Crippen LogP contribution in [0.2, 0.25) is 0 Å². The number of benzene rings is 2. The highest BCUT2D eigenvalue weighted by molar-refractivity contribution is 9.10. The normalized spacial score (nSPS) is 10.7. The van der Waals surface area contributed by atoms with Gasteiger partial charge >= 0.3 is 0 Å². The van der Waals surface area contributed by atoms with E-state index in [4.69, 9.17) is 9.47 Å². The SMILES string of the molecule is CCCc1ccc(OCC(=O)N/N=C/c2ccc(O)c(OC)c2)c(Br)c1. The molecule has 26 heavy (non-hydrogen) atoms. The predicted octanol–water partition coefficient (Wildman–Crippen LogP) is 3.64. The van der Waals surface area contributed by atoms with Gasteiger partial charge in [-0.2, -0.15) is 5.10 Å². The summed E-state index contributed by atoms with van der Waals surface area (Å²) in [5, 5.41) is 13.4. The highest BCUT2D eigenvalue weighted by Crippen LogP contribution is 2.27. The molecule has 0 fully saturated rings. The van der Waals surface area contributed by atoms with E-state index in [1.807, 2.05) is 18.2 Å². The molecule has 0 atom stereocenters. The van der Waals surface area contributed by atoms with Crippen LogP contribution in [-0.2, 0) is 11.2 Å². The van der Waals surface area contributed by atoms with Crippen molar-refractivity contribution in [3.05, 3.63) is 52.0 Å². The molecule has 0 unspecified atom stereocenters. The largest absolute Gasteiger partial charge is 0.504 e. The van der Waals surface area contributed by atoms with Crippen LogP contribution in [0.3, 0.4) is 0 Å². The van der Waals surface area contributed by atoms with Crippen LogP contribution in [0.5, 0.6) is 17.2 Å². The molecule has 0 bridgehead atoms. The number of rotatable bonds is 8. The van der Waals surface area contributed by atoms with Crippen molar-refractivity contribution >= 4 is 28.1 Å². The molecule has 0 aromatic heterocycles. The Hall–Kier alpha value is -2.54. The van der Waals surface area contributed by atoms with Crippen molar-refractivity contribution in [2.75, 3.05) is 13.7 Å². The fourth-order valence-electron chi connectivity index (χ4n) is 2.23. The molecule has 0 saturated carbocycles.